The Morgan fingerprint density at radius 3 is 2.84 bits per heavy atom. The average Bonchev–Trinajstić information content (AvgIpc) is 2.90. The Morgan fingerprint density at radius 2 is 2.11 bits per heavy atom. The highest BCUT2D eigenvalue weighted by Gasteiger charge is 2.10. The summed E-state index contributed by atoms with van der Waals surface area (Å²) in [6.45, 7) is 0. The predicted octanol–water partition coefficient (Wildman–Crippen LogP) is 2.21. The largest absolute Gasteiger partial charge is 0.465 e. The van der Waals surface area contributed by atoms with Gasteiger partial charge in [0.25, 0.3) is 0 Å². The van der Waals surface area contributed by atoms with E-state index in [9.17, 15) is 4.79 Å². The molecule has 0 aliphatic heterocycles. The van der Waals surface area contributed by atoms with Crippen LogP contribution in [0.15, 0.2) is 48.9 Å². The fraction of sp³-hybridized carbons (Fsp3) is 0.0714. The average molecular weight is 253 g/mol. The summed E-state index contributed by atoms with van der Waals surface area (Å²) in [5.41, 5.74) is 2.11. The molecule has 0 aliphatic rings. The van der Waals surface area contributed by atoms with Gasteiger partial charge in [-0.3, -0.25) is 4.57 Å². The van der Waals surface area contributed by atoms with Crippen molar-refractivity contribution in [3.05, 3.63) is 54.5 Å². The number of pyridine rings is 1. The number of nitrogens with zero attached hydrogens (tertiary/aromatic N) is 3. The van der Waals surface area contributed by atoms with E-state index in [1.165, 1.54) is 7.11 Å². The van der Waals surface area contributed by atoms with E-state index >= 15 is 0 Å². The Bertz CT molecular complexity index is 735. The molecule has 19 heavy (non-hydrogen) atoms. The van der Waals surface area contributed by atoms with Gasteiger partial charge in [0.05, 0.1) is 23.7 Å². The number of rotatable bonds is 2. The van der Waals surface area contributed by atoms with Crippen LogP contribution in [0.5, 0.6) is 0 Å². The van der Waals surface area contributed by atoms with E-state index < -0.39 is 0 Å². The van der Waals surface area contributed by atoms with Gasteiger partial charge in [-0.25, -0.2) is 14.8 Å². The van der Waals surface area contributed by atoms with E-state index in [-0.39, 0.29) is 5.97 Å². The number of benzene rings is 1. The van der Waals surface area contributed by atoms with Crippen LogP contribution < -0.4 is 0 Å². The van der Waals surface area contributed by atoms with Gasteiger partial charge in [-0.2, -0.15) is 0 Å². The smallest absolute Gasteiger partial charge is 0.337 e. The standard InChI is InChI=1S/C14H11N3O2/c1-19-14(18)10-5-6-12-11(8-10)16-9-17(12)13-4-2-3-7-15-13/h2-9H,1H3. The van der Waals surface area contributed by atoms with Crippen LogP contribution in [0.4, 0.5) is 0 Å². The molecular formula is C14H11N3O2. The Balaban J connectivity index is 2.13. The highest BCUT2D eigenvalue weighted by Crippen LogP contribution is 2.18. The molecule has 94 valence electrons. The Morgan fingerprint density at radius 1 is 1.21 bits per heavy atom. The summed E-state index contributed by atoms with van der Waals surface area (Å²) in [6, 6.07) is 10.9. The summed E-state index contributed by atoms with van der Waals surface area (Å²) < 4.78 is 6.56. The summed E-state index contributed by atoms with van der Waals surface area (Å²) in [6.07, 6.45) is 3.41. The molecule has 5 nitrogen and oxygen atoms in total. The first-order valence-corrected chi connectivity index (χ1v) is 5.76. The number of esters is 1. The molecule has 0 fully saturated rings. The van der Waals surface area contributed by atoms with Crippen molar-refractivity contribution in [3.63, 3.8) is 0 Å². The van der Waals surface area contributed by atoms with Gasteiger partial charge in [0.2, 0.25) is 0 Å². The minimum atomic E-state index is -0.366. The molecule has 1 aromatic carbocycles. The highest BCUT2D eigenvalue weighted by atomic mass is 16.5. The molecule has 5 heteroatoms. The van der Waals surface area contributed by atoms with Crippen LogP contribution in [-0.4, -0.2) is 27.6 Å². The second-order valence-electron chi connectivity index (χ2n) is 4.00. The molecule has 0 unspecified atom stereocenters. The van der Waals surface area contributed by atoms with Gasteiger partial charge in [0.1, 0.15) is 12.1 Å². The molecule has 0 saturated carbocycles. The van der Waals surface area contributed by atoms with E-state index in [4.69, 9.17) is 4.74 Å². The summed E-state index contributed by atoms with van der Waals surface area (Å²) in [7, 11) is 1.36. The van der Waals surface area contributed by atoms with Crippen LogP contribution >= 0.6 is 0 Å². The maximum absolute atomic E-state index is 11.5. The van der Waals surface area contributed by atoms with Crippen LogP contribution in [0.3, 0.4) is 0 Å². The lowest BCUT2D eigenvalue weighted by atomic mass is 10.2. The number of aromatic nitrogens is 3. The van der Waals surface area contributed by atoms with Crippen LogP contribution in [0, 0.1) is 0 Å². The van der Waals surface area contributed by atoms with E-state index in [0.29, 0.717) is 5.56 Å². The normalized spacial score (nSPS) is 10.6. The zero-order chi connectivity index (χ0) is 13.2. The number of carbonyl (C=O) groups excluding carboxylic acids is 1. The van der Waals surface area contributed by atoms with E-state index in [0.717, 1.165) is 16.9 Å². The monoisotopic (exact) mass is 253 g/mol. The molecule has 2 heterocycles. The Hall–Kier alpha value is -2.69. The molecule has 0 aliphatic carbocycles. The van der Waals surface area contributed by atoms with Crippen molar-refractivity contribution in [2.24, 2.45) is 0 Å². The lowest BCUT2D eigenvalue weighted by molar-refractivity contribution is 0.0601. The number of ether oxygens (including phenoxy) is 1. The number of methoxy groups -OCH3 is 1. The molecule has 0 atom stereocenters. The lowest BCUT2D eigenvalue weighted by Crippen LogP contribution is -2.01. The van der Waals surface area contributed by atoms with Crippen LogP contribution in [0.1, 0.15) is 10.4 Å². The number of carbonyl (C=O) groups is 1. The molecule has 0 amide bonds. The lowest BCUT2D eigenvalue weighted by Gasteiger charge is -2.03. The van der Waals surface area contributed by atoms with Gasteiger partial charge in [-0.1, -0.05) is 6.07 Å². The van der Waals surface area contributed by atoms with Gasteiger partial charge in [0.15, 0.2) is 0 Å². The van der Waals surface area contributed by atoms with Crippen molar-refractivity contribution >= 4 is 17.0 Å². The molecule has 0 spiro atoms. The molecule has 0 bridgehead atoms. The fourth-order valence-corrected chi connectivity index (χ4v) is 1.94. The van der Waals surface area contributed by atoms with Crippen LogP contribution in [0.25, 0.3) is 16.9 Å². The predicted molar refractivity (Wildman–Crippen MR) is 70.2 cm³/mol. The minimum Gasteiger partial charge on any atom is -0.465 e. The summed E-state index contributed by atoms with van der Waals surface area (Å²) >= 11 is 0. The third-order valence-corrected chi connectivity index (χ3v) is 2.86. The van der Waals surface area contributed by atoms with Crippen LogP contribution in [0.2, 0.25) is 0 Å². The Kier molecular flexibility index (Phi) is 2.72. The topological polar surface area (TPSA) is 57.0 Å². The molecule has 0 saturated heterocycles. The third kappa shape index (κ3) is 1.95. The first kappa shape index (κ1) is 11.4. The third-order valence-electron chi connectivity index (χ3n) is 2.86. The first-order valence-electron chi connectivity index (χ1n) is 5.76. The molecule has 0 radical (unpaired) electrons. The van der Waals surface area contributed by atoms with Gasteiger partial charge in [-0.05, 0) is 30.3 Å². The van der Waals surface area contributed by atoms with E-state index in [1.54, 1.807) is 24.7 Å². The number of fused-ring (bicyclic) bond motifs is 1. The van der Waals surface area contributed by atoms with Crippen molar-refractivity contribution in [1.29, 1.82) is 0 Å². The van der Waals surface area contributed by atoms with Crippen molar-refractivity contribution in [2.45, 2.75) is 0 Å². The van der Waals surface area contributed by atoms with Gasteiger partial charge >= 0.3 is 5.97 Å². The van der Waals surface area contributed by atoms with Crippen molar-refractivity contribution in [2.75, 3.05) is 7.11 Å². The summed E-state index contributed by atoms with van der Waals surface area (Å²) in [5.74, 6) is 0.421. The molecule has 0 N–H and O–H groups in total. The second-order valence-corrected chi connectivity index (χ2v) is 4.00. The summed E-state index contributed by atoms with van der Waals surface area (Å²) in [5, 5.41) is 0. The van der Waals surface area contributed by atoms with E-state index in [2.05, 4.69) is 9.97 Å². The maximum Gasteiger partial charge on any atom is 0.337 e. The Labute approximate surface area is 109 Å². The number of hydrogen-bond acceptors (Lipinski definition) is 4. The molecule has 2 aromatic heterocycles. The highest BCUT2D eigenvalue weighted by molar-refractivity contribution is 5.93. The maximum atomic E-state index is 11.5. The van der Waals surface area contributed by atoms with Crippen molar-refractivity contribution < 1.29 is 9.53 Å². The summed E-state index contributed by atoms with van der Waals surface area (Å²) in [4.78, 5) is 20.0. The zero-order valence-electron chi connectivity index (χ0n) is 10.3. The van der Waals surface area contributed by atoms with E-state index in [1.807, 2.05) is 28.8 Å². The fourth-order valence-electron chi connectivity index (χ4n) is 1.94. The SMILES string of the molecule is COC(=O)c1ccc2c(c1)ncn2-c1ccccn1. The molecule has 3 rings (SSSR count). The van der Waals surface area contributed by atoms with Crippen LogP contribution in [-0.2, 0) is 4.74 Å². The molecule has 3 aromatic rings. The number of hydrogen-bond donors (Lipinski definition) is 0. The zero-order valence-corrected chi connectivity index (χ0v) is 10.3. The van der Waals surface area contributed by atoms with Gasteiger partial charge in [0, 0.05) is 6.20 Å². The minimum absolute atomic E-state index is 0.366. The van der Waals surface area contributed by atoms with Crippen molar-refractivity contribution in [3.8, 4) is 5.82 Å². The first-order chi connectivity index (χ1) is 9.29. The van der Waals surface area contributed by atoms with Crippen molar-refractivity contribution in [1.82, 2.24) is 14.5 Å². The van der Waals surface area contributed by atoms with Gasteiger partial charge < -0.3 is 4.74 Å². The van der Waals surface area contributed by atoms with Gasteiger partial charge in [-0.15, -0.1) is 0 Å². The quantitative estimate of drug-likeness (QED) is 0.657. The number of imidazole rings is 1. The molecular weight excluding hydrogens is 242 g/mol. The second kappa shape index (κ2) is 4.53.